The van der Waals surface area contributed by atoms with Crippen LogP contribution in [0.4, 0.5) is 5.13 Å². The minimum Gasteiger partial charge on any atom is -0.454 e. The van der Waals surface area contributed by atoms with Gasteiger partial charge >= 0.3 is 0 Å². The minimum absolute atomic E-state index is 0.133. The number of nitrogens with zero attached hydrogens (tertiary/aromatic N) is 2. The van der Waals surface area contributed by atoms with Crippen molar-refractivity contribution in [2.24, 2.45) is 0 Å². The molecule has 2 aromatic carbocycles. The van der Waals surface area contributed by atoms with Gasteiger partial charge in [0.1, 0.15) is 0 Å². The van der Waals surface area contributed by atoms with Crippen molar-refractivity contribution in [2.75, 3.05) is 12.1 Å². The molecule has 8 nitrogen and oxygen atoms in total. The van der Waals surface area contributed by atoms with Gasteiger partial charge < -0.3 is 9.47 Å². The summed E-state index contributed by atoms with van der Waals surface area (Å²) in [7, 11) is -3.65. The molecule has 1 aliphatic heterocycles. The van der Waals surface area contributed by atoms with Crippen molar-refractivity contribution in [1.29, 1.82) is 0 Å². The van der Waals surface area contributed by atoms with E-state index in [9.17, 15) is 13.2 Å². The van der Waals surface area contributed by atoms with E-state index in [0.717, 1.165) is 0 Å². The second kappa shape index (κ2) is 8.10. The summed E-state index contributed by atoms with van der Waals surface area (Å²) in [6, 6.07) is 9.43. The molecule has 0 fully saturated rings. The number of sulfonamides is 1. The number of hydrogen-bond donors (Lipinski definition) is 1. The van der Waals surface area contributed by atoms with Crippen LogP contribution in [0.5, 0.6) is 11.5 Å². The van der Waals surface area contributed by atoms with Crippen molar-refractivity contribution in [3.8, 4) is 11.5 Å². The summed E-state index contributed by atoms with van der Waals surface area (Å²) < 4.78 is 39.0. The molecule has 0 radical (unpaired) electrons. The molecular formula is C21H23N3O5S2. The molecule has 0 aliphatic carbocycles. The maximum atomic E-state index is 13.1. The van der Waals surface area contributed by atoms with Gasteiger partial charge in [0.25, 0.3) is 5.91 Å². The summed E-state index contributed by atoms with van der Waals surface area (Å²) in [6.45, 7) is 7.55. The number of amides is 1. The Morgan fingerprint density at radius 3 is 2.48 bits per heavy atom. The van der Waals surface area contributed by atoms with E-state index in [0.29, 0.717) is 32.4 Å². The van der Waals surface area contributed by atoms with Crippen LogP contribution in [0.2, 0.25) is 0 Å². The molecular weight excluding hydrogens is 438 g/mol. The monoisotopic (exact) mass is 461 g/mol. The summed E-state index contributed by atoms with van der Waals surface area (Å²) in [5.74, 6) is 0.782. The number of rotatable bonds is 6. The number of aromatic nitrogens is 1. The van der Waals surface area contributed by atoms with Gasteiger partial charge in [0.15, 0.2) is 16.6 Å². The summed E-state index contributed by atoms with van der Waals surface area (Å²) in [6.07, 6.45) is 0. The van der Waals surface area contributed by atoms with Crippen molar-refractivity contribution < 1.29 is 22.7 Å². The smallest absolute Gasteiger partial charge is 0.257 e. The molecule has 1 aromatic heterocycles. The Balaban J connectivity index is 1.60. The molecule has 10 heteroatoms. The molecule has 31 heavy (non-hydrogen) atoms. The minimum atomic E-state index is -3.65. The second-order valence-corrected chi connectivity index (χ2v) is 10.6. The van der Waals surface area contributed by atoms with Crippen LogP contribution in [-0.4, -0.2) is 42.5 Å². The first-order chi connectivity index (χ1) is 14.7. The Kier molecular flexibility index (Phi) is 5.63. The molecule has 0 bridgehead atoms. The van der Waals surface area contributed by atoms with Crippen LogP contribution < -0.4 is 14.8 Å². The van der Waals surface area contributed by atoms with Crippen molar-refractivity contribution >= 4 is 42.6 Å². The van der Waals surface area contributed by atoms with E-state index in [-0.39, 0.29) is 29.7 Å². The quantitative estimate of drug-likeness (QED) is 0.594. The van der Waals surface area contributed by atoms with E-state index in [2.05, 4.69) is 10.3 Å². The zero-order chi connectivity index (χ0) is 22.3. The van der Waals surface area contributed by atoms with E-state index in [1.165, 1.54) is 15.6 Å². The van der Waals surface area contributed by atoms with Crippen LogP contribution in [0, 0.1) is 0 Å². The summed E-state index contributed by atoms with van der Waals surface area (Å²) in [5.41, 5.74) is 1.03. The molecule has 0 spiro atoms. The highest BCUT2D eigenvalue weighted by Gasteiger charge is 2.29. The maximum absolute atomic E-state index is 13.1. The number of ether oxygens (including phenoxy) is 2. The van der Waals surface area contributed by atoms with E-state index < -0.39 is 10.0 Å². The number of fused-ring (bicyclic) bond motifs is 2. The molecule has 0 saturated heterocycles. The lowest BCUT2D eigenvalue weighted by atomic mass is 10.2. The lowest BCUT2D eigenvalue weighted by Crippen LogP contribution is -2.41. The van der Waals surface area contributed by atoms with Crippen molar-refractivity contribution in [1.82, 2.24) is 9.29 Å². The van der Waals surface area contributed by atoms with Gasteiger partial charge in [0, 0.05) is 17.6 Å². The summed E-state index contributed by atoms with van der Waals surface area (Å²) in [4.78, 5) is 17.2. The van der Waals surface area contributed by atoms with Crippen molar-refractivity contribution in [3.05, 3.63) is 42.0 Å². The molecule has 2 heterocycles. The van der Waals surface area contributed by atoms with Crippen LogP contribution in [0.25, 0.3) is 10.2 Å². The van der Waals surface area contributed by atoms with Gasteiger partial charge in [-0.2, -0.15) is 4.31 Å². The Morgan fingerprint density at radius 1 is 1.06 bits per heavy atom. The highest BCUT2D eigenvalue weighted by Crippen LogP contribution is 2.34. The van der Waals surface area contributed by atoms with Gasteiger partial charge in [-0.15, -0.1) is 0 Å². The van der Waals surface area contributed by atoms with Gasteiger partial charge in [-0.05, 0) is 64.1 Å². The third kappa shape index (κ3) is 4.10. The highest BCUT2D eigenvalue weighted by atomic mass is 32.2. The zero-order valence-electron chi connectivity index (χ0n) is 17.6. The first kappa shape index (κ1) is 21.5. The van der Waals surface area contributed by atoms with Crippen LogP contribution >= 0.6 is 11.3 Å². The van der Waals surface area contributed by atoms with E-state index in [4.69, 9.17) is 9.47 Å². The lowest BCUT2D eigenvalue weighted by molar-refractivity contribution is 0.102. The standard InChI is InChI=1S/C21H23N3O5S2/c1-12(2)24(13(3)4)31(26,27)15-6-7-16-19(10-15)30-21(22-16)23-20(25)14-5-8-17-18(9-14)29-11-28-17/h5-10,12-13H,11H2,1-4H3,(H,22,23,25). The number of nitrogens with one attached hydrogen (secondary N) is 1. The molecule has 0 atom stereocenters. The molecule has 3 aromatic rings. The number of carbonyl (C=O) groups is 1. The Labute approximate surface area is 184 Å². The number of benzene rings is 2. The molecule has 0 saturated carbocycles. The van der Waals surface area contributed by atoms with E-state index in [1.807, 2.05) is 27.7 Å². The average molecular weight is 462 g/mol. The first-order valence-electron chi connectivity index (χ1n) is 9.82. The predicted octanol–water partition coefficient (Wildman–Crippen LogP) is 4.08. The SMILES string of the molecule is CC(C)N(C(C)C)S(=O)(=O)c1ccc2nc(NC(=O)c3ccc4c(c3)OCO4)sc2c1. The Hall–Kier alpha value is -2.69. The fourth-order valence-electron chi connectivity index (χ4n) is 3.60. The average Bonchev–Trinajstić information content (AvgIpc) is 3.31. The molecule has 4 rings (SSSR count). The topological polar surface area (TPSA) is 97.8 Å². The van der Waals surface area contributed by atoms with Crippen LogP contribution in [0.1, 0.15) is 38.1 Å². The number of hydrogen-bond acceptors (Lipinski definition) is 7. The maximum Gasteiger partial charge on any atom is 0.257 e. The summed E-state index contributed by atoms with van der Waals surface area (Å²) in [5, 5.41) is 3.15. The number of anilines is 1. The predicted molar refractivity (Wildman–Crippen MR) is 119 cm³/mol. The Bertz CT molecular complexity index is 1240. The van der Waals surface area contributed by atoms with Crippen molar-refractivity contribution in [3.63, 3.8) is 0 Å². The molecule has 1 aliphatic rings. The molecule has 0 unspecified atom stereocenters. The van der Waals surface area contributed by atoms with Crippen LogP contribution in [0.15, 0.2) is 41.3 Å². The van der Waals surface area contributed by atoms with E-state index in [1.54, 1.807) is 36.4 Å². The third-order valence-electron chi connectivity index (χ3n) is 4.81. The van der Waals surface area contributed by atoms with Gasteiger partial charge in [-0.3, -0.25) is 10.1 Å². The first-order valence-corrected chi connectivity index (χ1v) is 12.1. The molecule has 1 amide bonds. The van der Waals surface area contributed by atoms with Gasteiger partial charge in [-0.25, -0.2) is 13.4 Å². The van der Waals surface area contributed by atoms with Crippen LogP contribution in [-0.2, 0) is 10.0 Å². The fourth-order valence-corrected chi connectivity index (χ4v) is 6.43. The van der Waals surface area contributed by atoms with E-state index >= 15 is 0 Å². The van der Waals surface area contributed by atoms with Gasteiger partial charge in [0.2, 0.25) is 16.8 Å². The molecule has 1 N–H and O–H groups in total. The normalized spacial score (nSPS) is 13.5. The Morgan fingerprint density at radius 2 is 1.77 bits per heavy atom. The third-order valence-corrected chi connectivity index (χ3v) is 7.99. The lowest BCUT2D eigenvalue weighted by Gasteiger charge is -2.29. The van der Waals surface area contributed by atoms with Gasteiger partial charge in [-0.1, -0.05) is 11.3 Å². The highest BCUT2D eigenvalue weighted by molar-refractivity contribution is 7.89. The zero-order valence-corrected chi connectivity index (χ0v) is 19.2. The fraction of sp³-hybridized carbons (Fsp3) is 0.333. The molecule has 164 valence electrons. The van der Waals surface area contributed by atoms with Gasteiger partial charge in [0.05, 0.1) is 15.1 Å². The summed E-state index contributed by atoms with van der Waals surface area (Å²) >= 11 is 1.22. The van der Waals surface area contributed by atoms with Crippen molar-refractivity contribution in [2.45, 2.75) is 44.7 Å². The number of thiazole rings is 1. The number of carbonyl (C=O) groups excluding carboxylic acids is 1. The largest absolute Gasteiger partial charge is 0.454 e. The second-order valence-electron chi connectivity index (χ2n) is 7.69. The van der Waals surface area contributed by atoms with Crippen LogP contribution in [0.3, 0.4) is 0 Å².